The number of hydrogen-bond acceptors (Lipinski definition) is 7. The molecule has 47 heavy (non-hydrogen) atoms. The lowest BCUT2D eigenvalue weighted by atomic mass is 9.89. The number of para-hydroxylation sites is 2. The number of ether oxygens (including phenoxy) is 1. The molecule has 5 aromatic rings. The van der Waals surface area contributed by atoms with Crippen LogP contribution in [0.4, 0.5) is 5.69 Å². The van der Waals surface area contributed by atoms with Crippen molar-refractivity contribution < 1.29 is 9.53 Å². The molecule has 2 saturated heterocycles. The van der Waals surface area contributed by atoms with Crippen molar-refractivity contribution in [3.05, 3.63) is 137 Å². The first-order valence-electron chi connectivity index (χ1n) is 16.1. The fourth-order valence-corrected chi connectivity index (χ4v) is 8.75. The van der Waals surface area contributed by atoms with Gasteiger partial charge in [0.15, 0.2) is 5.82 Å². The molecule has 4 atom stereocenters. The number of β-lactam (4-membered cyclic amide) rings is 1. The molecule has 0 bridgehead atoms. The Balaban J connectivity index is 1.29. The van der Waals surface area contributed by atoms with Gasteiger partial charge in [-0.2, -0.15) is 0 Å². The normalized spacial score (nSPS) is 20.5. The van der Waals surface area contributed by atoms with Crippen molar-refractivity contribution in [1.82, 2.24) is 25.1 Å². The second-order valence-corrected chi connectivity index (χ2v) is 14.9. The molecule has 0 N–H and O–H groups in total. The van der Waals surface area contributed by atoms with Gasteiger partial charge in [-0.05, 0) is 65.1 Å². The van der Waals surface area contributed by atoms with Crippen LogP contribution in [0.1, 0.15) is 73.8 Å². The zero-order valence-corrected chi connectivity index (χ0v) is 28.2. The predicted molar refractivity (Wildman–Crippen MR) is 186 cm³/mol. The molecule has 8 nitrogen and oxygen atoms in total. The first kappa shape index (κ1) is 31.0. The summed E-state index contributed by atoms with van der Waals surface area (Å²) in [5.41, 5.74) is 5.56. The van der Waals surface area contributed by atoms with Gasteiger partial charge < -0.3 is 14.5 Å². The number of carbonyl (C=O) groups is 1. The van der Waals surface area contributed by atoms with Crippen LogP contribution in [-0.2, 0) is 11.3 Å². The van der Waals surface area contributed by atoms with Crippen molar-refractivity contribution in [2.24, 2.45) is 0 Å². The van der Waals surface area contributed by atoms with Crippen LogP contribution >= 0.6 is 11.8 Å². The highest BCUT2D eigenvalue weighted by atomic mass is 32.2. The van der Waals surface area contributed by atoms with Crippen LogP contribution in [0.2, 0.25) is 0 Å². The molecule has 0 aliphatic carbocycles. The summed E-state index contributed by atoms with van der Waals surface area (Å²) in [6, 6.07) is 36.8. The van der Waals surface area contributed by atoms with Gasteiger partial charge in [0.25, 0.3) is 0 Å². The van der Waals surface area contributed by atoms with E-state index in [1.54, 1.807) is 7.11 Å². The molecular formula is C38H40N6O2S. The molecule has 0 spiro atoms. The van der Waals surface area contributed by atoms with Gasteiger partial charge in [-0.1, -0.05) is 105 Å². The minimum Gasteiger partial charge on any atom is -0.496 e. The highest BCUT2D eigenvalue weighted by molar-refractivity contribution is 8.01. The molecule has 2 aliphatic heterocycles. The Morgan fingerprint density at radius 2 is 1.47 bits per heavy atom. The van der Waals surface area contributed by atoms with Gasteiger partial charge in [-0.15, -0.1) is 16.9 Å². The Labute approximate surface area is 280 Å². The predicted octanol–water partition coefficient (Wildman–Crippen LogP) is 7.25. The average Bonchev–Trinajstić information content (AvgIpc) is 3.64. The summed E-state index contributed by atoms with van der Waals surface area (Å²) in [7, 11) is 1.67. The first-order valence-corrected chi connectivity index (χ1v) is 17.0. The lowest BCUT2D eigenvalue weighted by molar-refractivity contribution is -0.148. The molecule has 2 fully saturated rings. The second kappa shape index (κ2) is 12.5. The summed E-state index contributed by atoms with van der Waals surface area (Å²) in [6.07, 6.45) is 0. The van der Waals surface area contributed by atoms with E-state index in [0.717, 1.165) is 28.1 Å². The number of fused-ring (bicyclic) bond motifs is 1. The molecule has 2 aliphatic rings. The molecule has 3 unspecified atom stereocenters. The number of amides is 1. The van der Waals surface area contributed by atoms with Crippen LogP contribution in [0.3, 0.4) is 0 Å². The van der Waals surface area contributed by atoms with E-state index in [-0.39, 0.29) is 34.2 Å². The topological polar surface area (TPSA) is 76.4 Å². The molecule has 4 aromatic carbocycles. The summed E-state index contributed by atoms with van der Waals surface area (Å²) in [5.74, 6) is 1.96. The Morgan fingerprint density at radius 3 is 2.15 bits per heavy atom. The van der Waals surface area contributed by atoms with E-state index in [2.05, 4.69) is 109 Å². The molecule has 0 saturated carbocycles. The Hall–Kier alpha value is -4.63. The summed E-state index contributed by atoms with van der Waals surface area (Å²) < 4.78 is 7.08. The van der Waals surface area contributed by atoms with Crippen LogP contribution in [0.5, 0.6) is 5.75 Å². The van der Waals surface area contributed by atoms with Gasteiger partial charge in [-0.25, -0.2) is 4.68 Å². The highest BCUT2D eigenvalue weighted by Crippen LogP contribution is 2.59. The summed E-state index contributed by atoms with van der Waals surface area (Å²) in [6.45, 7) is 9.25. The van der Waals surface area contributed by atoms with Gasteiger partial charge >= 0.3 is 0 Å². The SMILES string of the molecule is COc1ccccc1Cn1nnnc1C1N2C(=O)C(N(c3ccccc3)C(c3ccccc3)c3ccc(C(C)C)cc3)[C@H]2SC1(C)C. The highest BCUT2D eigenvalue weighted by Gasteiger charge is 2.65. The number of carbonyl (C=O) groups excluding carboxylic acids is 1. The average molecular weight is 645 g/mol. The summed E-state index contributed by atoms with van der Waals surface area (Å²) in [4.78, 5) is 19.1. The fourth-order valence-electron chi connectivity index (χ4n) is 7.07. The van der Waals surface area contributed by atoms with E-state index < -0.39 is 0 Å². The molecule has 240 valence electrons. The Morgan fingerprint density at radius 1 is 0.851 bits per heavy atom. The largest absolute Gasteiger partial charge is 0.496 e. The minimum absolute atomic E-state index is 0.0773. The van der Waals surface area contributed by atoms with Crippen molar-refractivity contribution in [2.45, 2.75) is 68.4 Å². The van der Waals surface area contributed by atoms with E-state index in [9.17, 15) is 4.79 Å². The van der Waals surface area contributed by atoms with E-state index in [0.29, 0.717) is 18.3 Å². The lowest BCUT2D eigenvalue weighted by Crippen LogP contribution is -2.68. The van der Waals surface area contributed by atoms with Crippen molar-refractivity contribution in [1.29, 1.82) is 0 Å². The maximum Gasteiger partial charge on any atom is 0.250 e. The van der Waals surface area contributed by atoms with Crippen molar-refractivity contribution >= 4 is 23.4 Å². The number of rotatable bonds is 10. The quantitative estimate of drug-likeness (QED) is 0.148. The van der Waals surface area contributed by atoms with Gasteiger partial charge in [-0.3, -0.25) is 4.79 Å². The molecule has 0 radical (unpaired) electrons. The second-order valence-electron chi connectivity index (χ2n) is 13.1. The van der Waals surface area contributed by atoms with E-state index >= 15 is 0 Å². The van der Waals surface area contributed by atoms with Crippen LogP contribution in [0.25, 0.3) is 0 Å². The first-order chi connectivity index (χ1) is 22.8. The number of benzene rings is 4. The van der Waals surface area contributed by atoms with Crippen LogP contribution < -0.4 is 9.64 Å². The number of aromatic nitrogens is 4. The standard InChI is InChI=1S/C38H40N6O2S/c1-25(2)26-20-22-28(23-21-26)32(27-14-8-6-9-15-27)43(30-17-10-7-11-18-30)33-36(45)44-34(38(3,4)47-37(33)44)35-39-40-41-42(35)24-29-16-12-13-19-31(29)46-5/h6-23,25,32-34,37H,24H2,1-5H3/t32?,33?,34?,37-/m1/s1. The number of thioether (sulfide) groups is 1. The number of hydrogen-bond donors (Lipinski definition) is 0. The fraction of sp³-hybridized carbons (Fsp3) is 0.316. The van der Waals surface area contributed by atoms with Crippen LogP contribution in [0, 0.1) is 0 Å². The maximum atomic E-state index is 14.7. The monoisotopic (exact) mass is 644 g/mol. The number of methoxy groups -OCH3 is 1. The van der Waals surface area contributed by atoms with E-state index in [1.165, 1.54) is 5.56 Å². The Kier molecular flexibility index (Phi) is 8.26. The smallest absolute Gasteiger partial charge is 0.250 e. The number of anilines is 1. The van der Waals surface area contributed by atoms with Crippen LogP contribution in [0.15, 0.2) is 109 Å². The third kappa shape index (κ3) is 5.56. The minimum atomic E-state index is -0.389. The lowest BCUT2D eigenvalue weighted by Gasteiger charge is -2.52. The number of tetrazole rings is 1. The summed E-state index contributed by atoms with van der Waals surface area (Å²) in [5, 5.41) is 12.9. The Bertz CT molecular complexity index is 1840. The number of nitrogens with zero attached hydrogens (tertiary/aromatic N) is 6. The van der Waals surface area contributed by atoms with Gasteiger partial charge in [0.2, 0.25) is 5.91 Å². The molecule has 3 heterocycles. The maximum absolute atomic E-state index is 14.7. The van der Waals surface area contributed by atoms with Crippen LogP contribution in [-0.4, -0.2) is 54.3 Å². The van der Waals surface area contributed by atoms with E-state index in [4.69, 9.17) is 4.74 Å². The van der Waals surface area contributed by atoms with Gasteiger partial charge in [0, 0.05) is 16.0 Å². The zero-order valence-electron chi connectivity index (χ0n) is 27.4. The van der Waals surface area contributed by atoms with Crippen molar-refractivity contribution in [3.8, 4) is 5.75 Å². The van der Waals surface area contributed by atoms with Gasteiger partial charge in [0.1, 0.15) is 23.2 Å². The zero-order chi connectivity index (χ0) is 32.7. The summed E-state index contributed by atoms with van der Waals surface area (Å²) >= 11 is 1.83. The van der Waals surface area contributed by atoms with Crippen molar-refractivity contribution in [3.63, 3.8) is 0 Å². The molecule has 9 heteroatoms. The molecule has 1 aromatic heterocycles. The molecule has 1 amide bonds. The van der Waals surface area contributed by atoms with E-state index in [1.807, 2.05) is 69.9 Å². The molecular weight excluding hydrogens is 605 g/mol. The van der Waals surface area contributed by atoms with Crippen molar-refractivity contribution in [2.75, 3.05) is 12.0 Å². The molecule has 7 rings (SSSR count). The van der Waals surface area contributed by atoms with Gasteiger partial charge in [0.05, 0.1) is 19.7 Å². The third-order valence-corrected chi connectivity index (χ3v) is 11.0. The third-order valence-electron chi connectivity index (χ3n) is 9.40.